The average Bonchev–Trinajstić information content (AvgIpc) is 2.83. The molecule has 0 bridgehead atoms. The number of hydrogen-bond acceptors (Lipinski definition) is 2. The van der Waals surface area contributed by atoms with Gasteiger partial charge >= 0.3 is 0 Å². The molecule has 3 nitrogen and oxygen atoms in total. The van der Waals surface area contributed by atoms with Gasteiger partial charge in [0, 0.05) is 18.2 Å². The van der Waals surface area contributed by atoms with Gasteiger partial charge in [0.2, 0.25) is 0 Å². The van der Waals surface area contributed by atoms with E-state index < -0.39 is 5.60 Å². The molecule has 0 atom stereocenters. The normalized spacial score (nSPS) is 14.7. The predicted octanol–water partition coefficient (Wildman–Crippen LogP) is 3.43. The molecule has 0 fully saturated rings. The minimum absolute atomic E-state index is 0.201. The van der Waals surface area contributed by atoms with Crippen molar-refractivity contribution in [1.29, 1.82) is 0 Å². The highest BCUT2D eigenvalue weighted by Gasteiger charge is 2.40. The highest BCUT2D eigenvalue weighted by molar-refractivity contribution is 5.96. The van der Waals surface area contributed by atoms with E-state index in [0.29, 0.717) is 11.1 Å². The Bertz CT molecular complexity index is 930. The summed E-state index contributed by atoms with van der Waals surface area (Å²) in [5, 5.41) is 14.9. The first-order chi connectivity index (χ1) is 12.7. The molecule has 26 heavy (non-hydrogen) atoms. The second-order valence-electron chi connectivity index (χ2n) is 6.65. The summed E-state index contributed by atoms with van der Waals surface area (Å²) in [6.45, 7) is 0. The summed E-state index contributed by atoms with van der Waals surface area (Å²) in [7, 11) is 1.61. The Morgan fingerprint density at radius 1 is 0.808 bits per heavy atom. The third-order valence-corrected chi connectivity index (χ3v) is 5.27. The number of benzene rings is 3. The Morgan fingerprint density at radius 3 is 1.81 bits per heavy atom. The van der Waals surface area contributed by atoms with E-state index in [-0.39, 0.29) is 5.91 Å². The maximum absolute atomic E-state index is 12.5. The van der Waals surface area contributed by atoms with Gasteiger partial charge in [0.05, 0.1) is 0 Å². The maximum atomic E-state index is 12.5. The SMILES string of the molecule is CNC(=O)c1ccccc1C1(O)c2ccccc2CCc2ccccc21. The Balaban J connectivity index is 2.09. The predicted molar refractivity (Wildman–Crippen MR) is 102 cm³/mol. The molecular weight excluding hydrogens is 322 g/mol. The van der Waals surface area contributed by atoms with Gasteiger partial charge in [-0.2, -0.15) is 0 Å². The van der Waals surface area contributed by atoms with E-state index in [1.54, 1.807) is 13.1 Å². The molecule has 3 aromatic carbocycles. The third-order valence-electron chi connectivity index (χ3n) is 5.27. The van der Waals surface area contributed by atoms with Gasteiger partial charge in [-0.15, -0.1) is 0 Å². The maximum Gasteiger partial charge on any atom is 0.251 e. The number of hydrogen-bond donors (Lipinski definition) is 2. The summed E-state index contributed by atoms with van der Waals surface area (Å²) in [6, 6.07) is 23.3. The fourth-order valence-corrected chi connectivity index (χ4v) is 4.02. The fraction of sp³-hybridized carbons (Fsp3) is 0.174. The van der Waals surface area contributed by atoms with Crippen LogP contribution in [0.4, 0.5) is 0 Å². The summed E-state index contributed by atoms with van der Waals surface area (Å²) in [5.41, 5.74) is 3.65. The lowest BCUT2D eigenvalue weighted by Crippen LogP contribution is -2.33. The molecule has 1 aliphatic rings. The first-order valence-electron chi connectivity index (χ1n) is 8.87. The monoisotopic (exact) mass is 343 g/mol. The molecule has 1 aliphatic carbocycles. The zero-order chi connectivity index (χ0) is 18.1. The van der Waals surface area contributed by atoms with E-state index in [1.807, 2.05) is 54.6 Å². The molecular formula is C23H21NO2. The molecule has 0 saturated heterocycles. The van der Waals surface area contributed by atoms with Gasteiger partial charge in [0.25, 0.3) is 5.91 Å². The summed E-state index contributed by atoms with van der Waals surface area (Å²) < 4.78 is 0. The van der Waals surface area contributed by atoms with Crippen molar-refractivity contribution < 1.29 is 9.90 Å². The van der Waals surface area contributed by atoms with Crippen LogP contribution >= 0.6 is 0 Å². The molecule has 3 aromatic rings. The van der Waals surface area contributed by atoms with Crippen LogP contribution in [0, 0.1) is 0 Å². The van der Waals surface area contributed by atoms with Crippen molar-refractivity contribution in [2.24, 2.45) is 0 Å². The molecule has 1 amide bonds. The minimum Gasteiger partial charge on any atom is -0.376 e. The van der Waals surface area contributed by atoms with E-state index in [9.17, 15) is 9.90 Å². The molecule has 4 rings (SSSR count). The van der Waals surface area contributed by atoms with Crippen LogP contribution in [0.2, 0.25) is 0 Å². The molecule has 0 saturated carbocycles. The van der Waals surface area contributed by atoms with E-state index in [0.717, 1.165) is 35.1 Å². The van der Waals surface area contributed by atoms with Crippen LogP contribution in [0.25, 0.3) is 0 Å². The van der Waals surface area contributed by atoms with E-state index >= 15 is 0 Å². The summed E-state index contributed by atoms with van der Waals surface area (Å²) >= 11 is 0. The van der Waals surface area contributed by atoms with Crippen LogP contribution in [0.3, 0.4) is 0 Å². The van der Waals surface area contributed by atoms with Crippen LogP contribution in [0.5, 0.6) is 0 Å². The molecule has 0 aliphatic heterocycles. The van der Waals surface area contributed by atoms with E-state index in [4.69, 9.17) is 0 Å². The number of fused-ring (bicyclic) bond motifs is 2. The Kier molecular flexibility index (Phi) is 4.09. The van der Waals surface area contributed by atoms with Gasteiger partial charge in [-0.1, -0.05) is 66.7 Å². The second-order valence-corrected chi connectivity index (χ2v) is 6.65. The smallest absolute Gasteiger partial charge is 0.251 e. The van der Waals surface area contributed by atoms with Crippen molar-refractivity contribution in [2.45, 2.75) is 18.4 Å². The largest absolute Gasteiger partial charge is 0.376 e. The molecule has 0 aromatic heterocycles. The zero-order valence-electron chi connectivity index (χ0n) is 14.7. The number of aliphatic hydroxyl groups is 1. The Hall–Kier alpha value is -2.91. The molecule has 0 spiro atoms. The lowest BCUT2D eigenvalue weighted by molar-refractivity contribution is 0.0939. The van der Waals surface area contributed by atoms with Crippen molar-refractivity contribution in [3.05, 3.63) is 106 Å². The fourth-order valence-electron chi connectivity index (χ4n) is 4.02. The number of amides is 1. The summed E-state index contributed by atoms with van der Waals surface area (Å²) in [4.78, 5) is 12.5. The van der Waals surface area contributed by atoms with Crippen LogP contribution < -0.4 is 5.32 Å². The average molecular weight is 343 g/mol. The molecule has 3 heteroatoms. The van der Waals surface area contributed by atoms with Crippen LogP contribution in [-0.4, -0.2) is 18.1 Å². The number of aryl methyl sites for hydroxylation is 2. The van der Waals surface area contributed by atoms with Gasteiger partial charge in [0.15, 0.2) is 0 Å². The highest BCUT2D eigenvalue weighted by Crippen LogP contribution is 2.43. The van der Waals surface area contributed by atoms with Gasteiger partial charge in [-0.25, -0.2) is 0 Å². The van der Waals surface area contributed by atoms with Gasteiger partial charge in [0.1, 0.15) is 5.60 Å². The molecule has 0 heterocycles. The first kappa shape index (κ1) is 16.6. The third kappa shape index (κ3) is 2.44. The standard InChI is InChI=1S/C23H21NO2/c1-24-22(25)18-10-4-7-13-21(18)23(26)19-11-5-2-8-16(19)14-15-17-9-3-6-12-20(17)23/h2-13,26H,14-15H2,1H3,(H,24,25). The van der Waals surface area contributed by atoms with Crippen molar-refractivity contribution >= 4 is 5.91 Å². The summed E-state index contributed by atoms with van der Waals surface area (Å²) in [6.07, 6.45) is 1.72. The summed E-state index contributed by atoms with van der Waals surface area (Å²) in [5.74, 6) is -0.201. The van der Waals surface area contributed by atoms with E-state index in [2.05, 4.69) is 17.4 Å². The second kappa shape index (κ2) is 6.43. The molecule has 0 unspecified atom stereocenters. The van der Waals surface area contributed by atoms with Crippen molar-refractivity contribution in [1.82, 2.24) is 5.32 Å². The van der Waals surface area contributed by atoms with Gasteiger partial charge in [-0.05, 0) is 41.2 Å². The number of carbonyl (C=O) groups excluding carboxylic acids is 1. The van der Waals surface area contributed by atoms with Gasteiger partial charge in [-0.3, -0.25) is 4.79 Å². The van der Waals surface area contributed by atoms with Crippen molar-refractivity contribution in [3.8, 4) is 0 Å². The molecule has 2 N–H and O–H groups in total. The lowest BCUT2D eigenvalue weighted by Gasteiger charge is -2.33. The minimum atomic E-state index is -1.37. The molecule has 0 radical (unpaired) electrons. The lowest BCUT2D eigenvalue weighted by atomic mass is 9.76. The van der Waals surface area contributed by atoms with Crippen LogP contribution in [0.1, 0.15) is 38.2 Å². The Labute approximate surface area is 153 Å². The Morgan fingerprint density at radius 2 is 1.27 bits per heavy atom. The van der Waals surface area contributed by atoms with Gasteiger partial charge < -0.3 is 10.4 Å². The zero-order valence-corrected chi connectivity index (χ0v) is 14.7. The topological polar surface area (TPSA) is 49.3 Å². The van der Waals surface area contributed by atoms with Crippen LogP contribution in [-0.2, 0) is 18.4 Å². The molecule has 130 valence electrons. The first-order valence-corrected chi connectivity index (χ1v) is 8.87. The van der Waals surface area contributed by atoms with Crippen molar-refractivity contribution in [2.75, 3.05) is 7.05 Å². The number of carbonyl (C=O) groups is 1. The number of rotatable bonds is 2. The number of nitrogens with one attached hydrogen (secondary N) is 1. The quantitative estimate of drug-likeness (QED) is 0.749. The highest BCUT2D eigenvalue weighted by atomic mass is 16.3. The van der Waals surface area contributed by atoms with Crippen LogP contribution in [0.15, 0.2) is 72.8 Å². The van der Waals surface area contributed by atoms with E-state index in [1.165, 1.54) is 0 Å². The van der Waals surface area contributed by atoms with Crippen molar-refractivity contribution in [3.63, 3.8) is 0 Å².